The van der Waals surface area contributed by atoms with Crippen molar-refractivity contribution < 1.29 is 14.3 Å². The number of thiophene rings is 1. The number of nitrogens with zero attached hydrogens (tertiary/aromatic N) is 2. The molecule has 3 aromatic rings. The highest BCUT2D eigenvalue weighted by Crippen LogP contribution is 2.24. The van der Waals surface area contributed by atoms with Crippen molar-refractivity contribution in [1.29, 1.82) is 0 Å². The van der Waals surface area contributed by atoms with Gasteiger partial charge in [-0.15, -0.1) is 11.3 Å². The van der Waals surface area contributed by atoms with Crippen LogP contribution in [0.25, 0.3) is 10.8 Å². The fourth-order valence-electron chi connectivity index (χ4n) is 4.08. The number of methoxy groups -OCH3 is 1. The van der Waals surface area contributed by atoms with Crippen LogP contribution in [0.2, 0.25) is 0 Å². The van der Waals surface area contributed by atoms with Gasteiger partial charge in [-0.2, -0.15) is 0 Å². The molecule has 156 valence electrons. The zero-order valence-corrected chi connectivity index (χ0v) is 18.2. The minimum Gasteiger partial charge on any atom is -0.497 e. The summed E-state index contributed by atoms with van der Waals surface area (Å²) in [6, 6.07) is 16.0. The Bertz CT molecular complexity index is 1050. The molecule has 5 nitrogen and oxygen atoms in total. The van der Waals surface area contributed by atoms with E-state index in [1.165, 1.54) is 11.3 Å². The van der Waals surface area contributed by atoms with Gasteiger partial charge in [-0.3, -0.25) is 9.59 Å². The number of ether oxygens (including phenoxy) is 1. The van der Waals surface area contributed by atoms with E-state index in [-0.39, 0.29) is 17.7 Å². The zero-order valence-electron chi connectivity index (χ0n) is 17.3. The molecule has 1 aromatic heterocycles. The second-order valence-corrected chi connectivity index (χ2v) is 8.76. The van der Waals surface area contributed by atoms with Crippen molar-refractivity contribution in [3.05, 3.63) is 64.4 Å². The summed E-state index contributed by atoms with van der Waals surface area (Å²) < 4.78 is 5.28. The summed E-state index contributed by atoms with van der Waals surface area (Å²) in [5.41, 5.74) is 1.09. The minimum atomic E-state index is -0.141. The summed E-state index contributed by atoms with van der Waals surface area (Å²) in [4.78, 5) is 30.1. The van der Waals surface area contributed by atoms with Gasteiger partial charge in [-0.25, -0.2) is 0 Å². The Labute approximate surface area is 180 Å². The zero-order chi connectivity index (χ0) is 21.1. The van der Waals surface area contributed by atoms with E-state index in [0.29, 0.717) is 13.1 Å². The predicted molar refractivity (Wildman–Crippen MR) is 120 cm³/mol. The highest BCUT2D eigenvalue weighted by atomic mass is 32.1. The molecule has 1 atom stereocenters. The van der Waals surface area contributed by atoms with Crippen LogP contribution in [0.5, 0.6) is 5.75 Å². The number of hydrogen-bond acceptors (Lipinski definition) is 4. The van der Waals surface area contributed by atoms with E-state index in [1.54, 1.807) is 12.0 Å². The van der Waals surface area contributed by atoms with Gasteiger partial charge in [0.05, 0.1) is 17.9 Å². The van der Waals surface area contributed by atoms with Gasteiger partial charge in [0.25, 0.3) is 5.91 Å². The van der Waals surface area contributed by atoms with Gasteiger partial charge in [0.15, 0.2) is 0 Å². The van der Waals surface area contributed by atoms with Gasteiger partial charge < -0.3 is 14.5 Å². The molecule has 4 rings (SSSR count). The van der Waals surface area contributed by atoms with Crippen molar-refractivity contribution in [3.8, 4) is 5.75 Å². The van der Waals surface area contributed by atoms with Crippen molar-refractivity contribution in [2.45, 2.75) is 19.4 Å². The van der Waals surface area contributed by atoms with Gasteiger partial charge in [-0.1, -0.05) is 24.3 Å². The maximum atomic E-state index is 13.1. The van der Waals surface area contributed by atoms with E-state index in [0.717, 1.165) is 46.3 Å². The number of carbonyl (C=O) groups is 2. The maximum Gasteiger partial charge on any atom is 0.263 e. The van der Waals surface area contributed by atoms with Crippen molar-refractivity contribution in [2.24, 2.45) is 5.92 Å². The minimum absolute atomic E-state index is 0.0371. The topological polar surface area (TPSA) is 49.9 Å². The van der Waals surface area contributed by atoms with Crippen LogP contribution in [0.15, 0.2) is 53.9 Å². The molecule has 2 aromatic carbocycles. The third-order valence-electron chi connectivity index (χ3n) is 5.70. The number of amides is 2. The molecule has 0 saturated carbocycles. The van der Waals surface area contributed by atoms with Gasteiger partial charge >= 0.3 is 0 Å². The summed E-state index contributed by atoms with van der Waals surface area (Å²) in [6.45, 7) is 1.77. The number of likely N-dealkylation sites (tertiary alicyclic amines) is 1. The van der Waals surface area contributed by atoms with Crippen LogP contribution in [0.1, 0.15) is 28.1 Å². The van der Waals surface area contributed by atoms with E-state index in [4.69, 9.17) is 4.74 Å². The molecule has 1 aliphatic rings. The Morgan fingerprint density at radius 2 is 1.97 bits per heavy atom. The number of rotatable bonds is 5. The first-order valence-electron chi connectivity index (χ1n) is 10.2. The Morgan fingerprint density at radius 3 is 2.73 bits per heavy atom. The average Bonchev–Trinajstić information content (AvgIpc) is 3.32. The Morgan fingerprint density at radius 1 is 1.17 bits per heavy atom. The second kappa shape index (κ2) is 8.88. The summed E-state index contributed by atoms with van der Waals surface area (Å²) >= 11 is 1.45. The SMILES string of the molecule is COc1ccc2cc(CN(C)C(=O)C3CCCN(C(=O)c4cccs4)C3)ccc2c1. The first kappa shape index (κ1) is 20.4. The number of fused-ring (bicyclic) bond motifs is 1. The first-order chi connectivity index (χ1) is 14.5. The van der Waals surface area contributed by atoms with Crippen LogP contribution < -0.4 is 4.74 Å². The smallest absolute Gasteiger partial charge is 0.263 e. The Balaban J connectivity index is 1.41. The van der Waals surface area contributed by atoms with Crippen molar-refractivity contribution in [3.63, 3.8) is 0 Å². The van der Waals surface area contributed by atoms with Gasteiger partial charge in [0.1, 0.15) is 5.75 Å². The second-order valence-electron chi connectivity index (χ2n) is 7.81. The average molecular weight is 423 g/mol. The summed E-state index contributed by atoms with van der Waals surface area (Å²) in [5.74, 6) is 0.836. The molecule has 30 heavy (non-hydrogen) atoms. The normalized spacial score (nSPS) is 16.5. The monoisotopic (exact) mass is 422 g/mol. The molecule has 1 aliphatic heterocycles. The van der Waals surface area contributed by atoms with E-state index < -0.39 is 0 Å². The van der Waals surface area contributed by atoms with Gasteiger partial charge in [-0.05, 0) is 58.8 Å². The molecule has 1 fully saturated rings. The number of carbonyl (C=O) groups excluding carboxylic acids is 2. The third-order valence-corrected chi connectivity index (χ3v) is 6.56. The van der Waals surface area contributed by atoms with E-state index >= 15 is 0 Å². The molecule has 0 radical (unpaired) electrons. The fraction of sp³-hybridized carbons (Fsp3) is 0.333. The number of benzene rings is 2. The first-order valence-corrected chi connectivity index (χ1v) is 11.1. The maximum absolute atomic E-state index is 13.1. The molecule has 1 saturated heterocycles. The lowest BCUT2D eigenvalue weighted by Gasteiger charge is -2.33. The van der Waals surface area contributed by atoms with Gasteiger partial charge in [0, 0.05) is 26.7 Å². The number of hydrogen-bond donors (Lipinski definition) is 0. The van der Waals surface area contributed by atoms with Crippen LogP contribution in [0, 0.1) is 5.92 Å². The summed E-state index contributed by atoms with van der Waals surface area (Å²) in [5, 5.41) is 4.15. The summed E-state index contributed by atoms with van der Waals surface area (Å²) in [7, 11) is 3.51. The molecule has 2 amide bonds. The molecule has 6 heteroatoms. The van der Waals surface area contributed by atoms with E-state index in [2.05, 4.69) is 18.2 Å². The fourth-order valence-corrected chi connectivity index (χ4v) is 4.77. The molecule has 2 heterocycles. The van der Waals surface area contributed by atoms with Crippen LogP contribution in [0.4, 0.5) is 0 Å². The standard InChI is InChI=1S/C24H26N2O3S/c1-25(15-17-7-8-19-14-21(29-2)10-9-18(19)13-17)23(27)20-5-3-11-26(16-20)24(28)22-6-4-12-30-22/h4,6-10,12-14,20H,3,5,11,15-16H2,1-2H3. The molecule has 0 spiro atoms. The highest BCUT2D eigenvalue weighted by molar-refractivity contribution is 7.12. The third kappa shape index (κ3) is 4.33. The lowest BCUT2D eigenvalue weighted by Crippen LogP contribution is -2.45. The molecule has 1 unspecified atom stereocenters. The van der Waals surface area contributed by atoms with Crippen molar-refractivity contribution in [1.82, 2.24) is 9.80 Å². The molecular weight excluding hydrogens is 396 g/mol. The molecule has 0 N–H and O–H groups in total. The van der Waals surface area contributed by atoms with Crippen LogP contribution in [-0.4, -0.2) is 48.9 Å². The Kier molecular flexibility index (Phi) is 6.04. The Hall–Kier alpha value is -2.86. The lowest BCUT2D eigenvalue weighted by molar-refractivity contribution is -0.136. The molecular formula is C24H26N2O3S. The van der Waals surface area contributed by atoms with Crippen molar-refractivity contribution >= 4 is 33.9 Å². The van der Waals surface area contributed by atoms with Gasteiger partial charge in [0.2, 0.25) is 5.91 Å². The quantitative estimate of drug-likeness (QED) is 0.612. The molecule has 0 bridgehead atoms. The van der Waals surface area contributed by atoms with Crippen LogP contribution in [0.3, 0.4) is 0 Å². The number of piperidine rings is 1. The molecule has 0 aliphatic carbocycles. The van der Waals surface area contributed by atoms with E-state index in [9.17, 15) is 9.59 Å². The lowest BCUT2D eigenvalue weighted by atomic mass is 9.96. The highest BCUT2D eigenvalue weighted by Gasteiger charge is 2.30. The largest absolute Gasteiger partial charge is 0.497 e. The van der Waals surface area contributed by atoms with Crippen LogP contribution in [-0.2, 0) is 11.3 Å². The van der Waals surface area contributed by atoms with E-state index in [1.807, 2.05) is 47.7 Å². The van der Waals surface area contributed by atoms with Crippen molar-refractivity contribution in [2.75, 3.05) is 27.2 Å². The summed E-state index contributed by atoms with van der Waals surface area (Å²) in [6.07, 6.45) is 1.69. The predicted octanol–water partition coefficient (Wildman–Crippen LogP) is 4.42. The van der Waals surface area contributed by atoms with Crippen LogP contribution >= 0.6 is 11.3 Å².